The number of hydrogen-bond acceptors (Lipinski definition) is 6. The summed E-state index contributed by atoms with van der Waals surface area (Å²) in [4.78, 5) is 45.9. The van der Waals surface area contributed by atoms with Gasteiger partial charge in [0.2, 0.25) is 11.8 Å². The summed E-state index contributed by atoms with van der Waals surface area (Å²) in [7, 11) is 0. The van der Waals surface area contributed by atoms with Crippen molar-refractivity contribution in [2.45, 2.75) is 25.8 Å². The van der Waals surface area contributed by atoms with Gasteiger partial charge in [-0.2, -0.15) is 0 Å². The van der Waals surface area contributed by atoms with Gasteiger partial charge in [-0.05, 0) is 30.4 Å². The number of carbonyl (C=O) groups is 3. The number of nitrogens with two attached hydrogens (primary N) is 1. The molecule has 1 fully saturated rings. The van der Waals surface area contributed by atoms with Gasteiger partial charge < -0.3 is 21.1 Å². The van der Waals surface area contributed by atoms with Gasteiger partial charge in [0.1, 0.15) is 0 Å². The van der Waals surface area contributed by atoms with Crippen LogP contribution in [0.3, 0.4) is 0 Å². The third kappa shape index (κ3) is 4.25. The molecular formula is C19H21N5O4. The number of hydrogen-bond donors (Lipinski definition) is 3. The number of amides is 3. The van der Waals surface area contributed by atoms with Crippen LogP contribution >= 0.6 is 0 Å². The summed E-state index contributed by atoms with van der Waals surface area (Å²) in [5, 5.41) is 11.9. The van der Waals surface area contributed by atoms with Crippen LogP contribution in [0.2, 0.25) is 0 Å². The Kier molecular flexibility index (Phi) is 5.53. The SMILES string of the molecule is C[C@@H]1CCC(c2ccc(O)nc2)N(C(=O)C(=O)Nc2cncc(C(N)=O)c2)C1. The van der Waals surface area contributed by atoms with Gasteiger partial charge in [-0.15, -0.1) is 0 Å². The Balaban J connectivity index is 1.79. The topological polar surface area (TPSA) is 139 Å². The largest absolute Gasteiger partial charge is 0.493 e. The first kappa shape index (κ1) is 19.3. The predicted octanol–water partition coefficient (Wildman–Crippen LogP) is 1.22. The molecule has 3 heterocycles. The van der Waals surface area contributed by atoms with Crippen molar-refractivity contribution >= 4 is 23.4 Å². The fourth-order valence-electron chi connectivity index (χ4n) is 3.28. The summed E-state index contributed by atoms with van der Waals surface area (Å²) in [6, 6.07) is 4.21. The molecule has 9 heteroatoms. The van der Waals surface area contributed by atoms with Crippen LogP contribution in [0.5, 0.6) is 5.88 Å². The van der Waals surface area contributed by atoms with Crippen LogP contribution in [-0.2, 0) is 9.59 Å². The van der Waals surface area contributed by atoms with Crippen molar-refractivity contribution in [3.05, 3.63) is 47.9 Å². The van der Waals surface area contributed by atoms with Gasteiger partial charge in [0.25, 0.3) is 0 Å². The lowest BCUT2D eigenvalue weighted by Gasteiger charge is -2.38. The summed E-state index contributed by atoms with van der Waals surface area (Å²) in [6.45, 7) is 2.45. The molecule has 2 aromatic heterocycles. The van der Waals surface area contributed by atoms with E-state index in [1.807, 2.05) is 6.92 Å². The molecule has 3 amide bonds. The minimum Gasteiger partial charge on any atom is -0.493 e. The van der Waals surface area contributed by atoms with E-state index in [2.05, 4.69) is 15.3 Å². The maximum atomic E-state index is 12.8. The van der Waals surface area contributed by atoms with E-state index in [1.165, 1.54) is 35.6 Å². The van der Waals surface area contributed by atoms with Gasteiger partial charge in [0, 0.05) is 25.0 Å². The number of nitrogens with one attached hydrogen (secondary N) is 1. The molecule has 1 unspecified atom stereocenters. The Morgan fingerprint density at radius 2 is 2.00 bits per heavy atom. The highest BCUT2D eigenvalue weighted by atomic mass is 16.3. The molecule has 2 atom stereocenters. The fraction of sp³-hybridized carbons (Fsp3) is 0.316. The van der Waals surface area contributed by atoms with Crippen LogP contribution in [0.4, 0.5) is 5.69 Å². The molecule has 1 aliphatic rings. The molecular weight excluding hydrogens is 362 g/mol. The van der Waals surface area contributed by atoms with E-state index in [1.54, 1.807) is 6.07 Å². The number of carbonyl (C=O) groups excluding carboxylic acids is 3. The van der Waals surface area contributed by atoms with E-state index in [9.17, 15) is 19.5 Å². The fourth-order valence-corrected chi connectivity index (χ4v) is 3.28. The predicted molar refractivity (Wildman–Crippen MR) is 100 cm³/mol. The van der Waals surface area contributed by atoms with Crippen LogP contribution in [0.25, 0.3) is 0 Å². The first-order chi connectivity index (χ1) is 13.3. The van der Waals surface area contributed by atoms with Crippen molar-refractivity contribution in [3.8, 4) is 5.88 Å². The second-order valence-corrected chi connectivity index (χ2v) is 6.89. The highest BCUT2D eigenvalue weighted by Gasteiger charge is 2.34. The van der Waals surface area contributed by atoms with Crippen LogP contribution in [0.1, 0.15) is 41.7 Å². The zero-order chi connectivity index (χ0) is 20.3. The van der Waals surface area contributed by atoms with Crippen LogP contribution in [0, 0.1) is 5.92 Å². The molecule has 28 heavy (non-hydrogen) atoms. The molecule has 0 bridgehead atoms. The Hall–Kier alpha value is -3.49. The van der Waals surface area contributed by atoms with E-state index >= 15 is 0 Å². The number of likely N-dealkylation sites (tertiary alicyclic amines) is 1. The van der Waals surface area contributed by atoms with E-state index in [-0.39, 0.29) is 29.1 Å². The average Bonchev–Trinajstić information content (AvgIpc) is 2.68. The normalized spacial score (nSPS) is 19.1. The molecule has 1 aliphatic heterocycles. The lowest BCUT2D eigenvalue weighted by molar-refractivity contribution is -0.146. The minimum atomic E-state index is -0.825. The van der Waals surface area contributed by atoms with Crippen molar-refractivity contribution in [2.24, 2.45) is 11.7 Å². The standard InChI is InChI=1S/C19H21N5O4/c1-11-2-4-15(12-3-5-16(25)22-8-12)24(10-11)19(28)18(27)23-14-6-13(17(20)26)7-21-9-14/h3,5-9,11,15H,2,4,10H2,1H3,(H2,20,26)(H,22,25)(H,23,27)/t11-,15?/m1/s1. The van der Waals surface area contributed by atoms with Crippen molar-refractivity contribution in [1.82, 2.24) is 14.9 Å². The second-order valence-electron chi connectivity index (χ2n) is 6.89. The highest BCUT2D eigenvalue weighted by molar-refractivity contribution is 6.39. The van der Waals surface area contributed by atoms with Crippen LogP contribution in [0.15, 0.2) is 36.8 Å². The van der Waals surface area contributed by atoms with Crippen molar-refractivity contribution in [3.63, 3.8) is 0 Å². The maximum Gasteiger partial charge on any atom is 0.313 e. The number of primary amides is 1. The number of aromatic hydroxyl groups is 1. The van der Waals surface area contributed by atoms with E-state index < -0.39 is 17.7 Å². The molecule has 3 rings (SSSR count). The molecule has 0 saturated carbocycles. The first-order valence-electron chi connectivity index (χ1n) is 8.87. The highest BCUT2D eigenvalue weighted by Crippen LogP contribution is 2.33. The minimum absolute atomic E-state index is 0.106. The zero-order valence-electron chi connectivity index (χ0n) is 15.3. The molecule has 0 spiro atoms. The van der Waals surface area contributed by atoms with Crippen molar-refractivity contribution < 1.29 is 19.5 Å². The Morgan fingerprint density at radius 3 is 2.68 bits per heavy atom. The van der Waals surface area contributed by atoms with E-state index in [0.717, 1.165) is 12.0 Å². The third-order valence-corrected chi connectivity index (χ3v) is 4.71. The number of piperidine rings is 1. The molecule has 0 radical (unpaired) electrons. The lowest BCUT2D eigenvalue weighted by Crippen LogP contribution is -2.46. The molecule has 146 valence electrons. The number of nitrogens with zero attached hydrogens (tertiary/aromatic N) is 3. The van der Waals surface area contributed by atoms with Crippen molar-refractivity contribution in [1.29, 1.82) is 0 Å². The lowest BCUT2D eigenvalue weighted by atomic mass is 9.90. The Bertz CT molecular complexity index is 899. The summed E-state index contributed by atoms with van der Waals surface area (Å²) in [6.07, 6.45) is 5.71. The Labute approximate surface area is 161 Å². The zero-order valence-corrected chi connectivity index (χ0v) is 15.3. The summed E-state index contributed by atoms with van der Waals surface area (Å²) in [5.41, 5.74) is 6.30. The van der Waals surface area contributed by atoms with Crippen molar-refractivity contribution in [2.75, 3.05) is 11.9 Å². The molecule has 0 aromatic carbocycles. The van der Waals surface area contributed by atoms with Gasteiger partial charge >= 0.3 is 11.8 Å². The summed E-state index contributed by atoms with van der Waals surface area (Å²) < 4.78 is 0. The summed E-state index contributed by atoms with van der Waals surface area (Å²) in [5.74, 6) is -2.05. The molecule has 1 saturated heterocycles. The monoisotopic (exact) mass is 383 g/mol. The number of anilines is 1. The van der Waals surface area contributed by atoms with Gasteiger partial charge in [-0.25, -0.2) is 4.98 Å². The van der Waals surface area contributed by atoms with Gasteiger partial charge in [-0.3, -0.25) is 19.4 Å². The van der Waals surface area contributed by atoms with E-state index in [4.69, 9.17) is 5.73 Å². The van der Waals surface area contributed by atoms with Crippen LogP contribution in [-0.4, -0.2) is 44.2 Å². The van der Waals surface area contributed by atoms with E-state index in [0.29, 0.717) is 13.0 Å². The molecule has 2 aromatic rings. The van der Waals surface area contributed by atoms with Gasteiger partial charge in [0.15, 0.2) is 0 Å². The molecule has 4 N–H and O–H groups in total. The quantitative estimate of drug-likeness (QED) is 0.681. The number of rotatable bonds is 3. The maximum absolute atomic E-state index is 12.8. The van der Waals surface area contributed by atoms with Gasteiger partial charge in [0.05, 0.1) is 23.5 Å². The summed E-state index contributed by atoms with van der Waals surface area (Å²) >= 11 is 0. The number of pyridine rings is 2. The molecule has 0 aliphatic carbocycles. The molecule has 9 nitrogen and oxygen atoms in total. The third-order valence-electron chi connectivity index (χ3n) is 4.71. The average molecular weight is 383 g/mol. The van der Waals surface area contributed by atoms with Crippen LogP contribution < -0.4 is 11.1 Å². The smallest absolute Gasteiger partial charge is 0.313 e. The van der Waals surface area contributed by atoms with Gasteiger partial charge in [-0.1, -0.05) is 13.0 Å². The second kappa shape index (κ2) is 8.03. The first-order valence-corrected chi connectivity index (χ1v) is 8.87. The number of aromatic nitrogens is 2. The Morgan fingerprint density at radius 1 is 1.21 bits per heavy atom.